The molecule has 3 rings (SSSR count). The van der Waals surface area contributed by atoms with Crippen molar-refractivity contribution in [1.29, 1.82) is 0 Å². The molecule has 0 aliphatic rings. The normalized spacial score (nSPS) is 10.8. The third-order valence-corrected chi connectivity index (χ3v) is 3.42. The highest BCUT2D eigenvalue weighted by atomic mass is 35.5. The molecule has 4 nitrogen and oxygen atoms in total. The number of pyridine rings is 2. The van der Waals surface area contributed by atoms with E-state index in [0.29, 0.717) is 22.3 Å². The zero-order chi connectivity index (χ0) is 14.8. The van der Waals surface area contributed by atoms with Gasteiger partial charge in [-0.15, -0.1) is 0 Å². The highest BCUT2D eigenvalue weighted by Crippen LogP contribution is 2.29. The van der Waals surface area contributed by atoms with Crippen LogP contribution < -0.4 is 4.74 Å². The number of halogens is 1. The summed E-state index contributed by atoms with van der Waals surface area (Å²) in [6.45, 7) is 1.70. The molecule has 106 valence electrons. The number of hydrogen-bond acceptors (Lipinski definition) is 4. The van der Waals surface area contributed by atoms with Gasteiger partial charge in [-0.1, -0.05) is 29.8 Å². The molecule has 0 atom stereocenters. The Morgan fingerprint density at radius 1 is 1.10 bits per heavy atom. The maximum absolute atomic E-state index is 9.20. The van der Waals surface area contributed by atoms with Gasteiger partial charge in [-0.05, 0) is 25.1 Å². The molecule has 0 aliphatic heterocycles. The van der Waals surface area contributed by atoms with E-state index in [2.05, 4.69) is 9.97 Å². The van der Waals surface area contributed by atoms with E-state index >= 15 is 0 Å². The summed E-state index contributed by atoms with van der Waals surface area (Å²) in [4.78, 5) is 8.69. The fourth-order valence-corrected chi connectivity index (χ4v) is 2.21. The number of ether oxygens (including phenoxy) is 1. The van der Waals surface area contributed by atoms with Gasteiger partial charge in [0.25, 0.3) is 0 Å². The van der Waals surface area contributed by atoms with E-state index in [9.17, 15) is 5.11 Å². The average molecular weight is 301 g/mol. The van der Waals surface area contributed by atoms with Gasteiger partial charge in [-0.2, -0.15) is 0 Å². The maximum atomic E-state index is 9.20. The molecule has 0 spiro atoms. The van der Waals surface area contributed by atoms with Crippen molar-refractivity contribution < 1.29 is 9.84 Å². The molecule has 2 heterocycles. The van der Waals surface area contributed by atoms with Crippen molar-refractivity contribution in [2.75, 3.05) is 0 Å². The molecule has 3 aromatic rings. The number of aryl methyl sites for hydroxylation is 1. The Kier molecular flexibility index (Phi) is 3.73. The first-order chi connectivity index (χ1) is 10.2. The predicted octanol–water partition coefficient (Wildman–Crippen LogP) is 3.88. The smallest absolute Gasteiger partial charge is 0.219 e. The van der Waals surface area contributed by atoms with Crippen LogP contribution in [0.3, 0.4) is 0 Å². The van der Waals surface area contributed by atoms with Crippen LogP contribution in [0.4, 0.5) is 0 Å². The Morgan fingerprint density at radius 3 is 2.76 bits per heavy atom. The molecule has 0 aliphatic carbocycles. The van der Waals surface area contributed by atoms with Crippen LogP contribution in [-0.4, -0.2) is 15.1 Å². The van der Waals surface area contributed by atoms with E-state index in [4.69, 9.17) is 16.3 Å². The molecule has 0 radical (unpaired) electrons. The Balaban J connectivity index is 2.03. The molecule has 0 amide bonds. The lowest BCUT2D eigenvalue weighted by Crippen LogP contribution is -1.95. The largest absolute Gasteiger partial charge is 0.437 e. The molecule has 0 unspecified atom stereocenters. The number of hydrogen-bond donors (Lipinski definition) is 1. The summed E-state index contributed by atoms with van der Waals surface area (Å²) in [7, 11) is 0. The lowest BCUT2D eigenvalue weighted by atomic mass is 10.2. The molecule has 0 bridgehead atoms. The minimum absolute atomic E-state index is 0.233. The first-order valence-electron chi connectivity index (χ1n) is 6.48. The zero-order valence-electron chi connectivity index (χ0n) is 11.4. The number of nitrogens with zero attached hydrogens (tertiary/aromatic N) is 2. The fraction of sp³-hybridized carbons (Fsp3) is 0.125. The number of para-hydroxylation sites is 1. The van der Waals surface area contributed by atoms with E-state index < -0.39 is 0 Å². The van der Waals surface area contributed by atoms with Crippen LogP contribution in [0.1, 0.15) is 11.4 Å². The predicted molar refractivity (Wildman–Crippen MR) is 81.7 cm³/mol. The highest BCUT2D eigenvalue weighted by Gasteiger charge is 2.08. The summed E-state index contributed by atoms with van der Waals surface area (Å²) in [5.41, 5.74) is 2.08. The second-order valence-corrected chi connectivity index (χ2v) is 5.03. The topological polar surface area (TPSA) is 55.2 Å². The Labute approximate surface area is 127 Å². The Hall–Kier alpha value is -2.17. The van der Waals surface area contributed by atoms with E-state index in [1.54, 1.807) is 12.1 Å². The second-order valence-electron chi connectivity index (χ2n) is 4.62. The van der Waals surface area contributed by atoms with Gasteiger partial charge in [0, 0.05) is 17.1 Å². The number of rotatable bonds is 3. The van der Waals surface area contributed by atoms with Crippen LogP contribution in [-0.2, 0) is 6.61 Å². The van der Waals surface area contributed by atoms with Crippen molar-refractivity contribution in [2.45, 2.75) is 13.5 Å². The van der Waals surface area contributed by atoms with Crippen molar-refractivity contribution in [3.05, 3.63) is 58.9 Å². The van der Waals surface area contributed by atoms with Gasteiger partial charge in [0.15, 0.2) is 5.75 Å². The third-order valence-electron chi connectivity index (χ3n) is 3.08. The van der Waals surface area contributed by atoms with Crippen LogP contribution in [0.2, 0.25) is 5.02 Å². The summed E-state index contributed by atoms with van der Waals surface area (Å²) in [6, 6.07) is 13.0. The summed E-state index contributed by atoms with van der Waals surface area (Å²) in [5.74, 6) is 0.995. The molecule has 5 heteroatoms. The monoisotopic (exact) mass is 300 g/mol. The third kappa shape index (κ3) is 2.82. The lowest BCUT2D eigenvalue weighted by molar-refractivity contribution is 0.275. The van der Waals surface area contributed by atoms with Gasteiger partial charge >= 0.3 is 0 Å². The first kappa shape index (κ1) is 13.8. The van der Waals surface area contributed by atoms with Crippen molar-refractivity contribution >= 4 is 22.5 Å². The first-order valence-corrected chi connectivity index (χ1v) is 6.85. The van der Waals surface area contributed by atoms with Crippen LogP contribution in [0, 0.1) is 6.92 Å². The molecule has 1 aromatic carbocycles. The fourth-order valence-electron chi connectivity index (χ4n) is 2.04. The summed E-state index contributed by atoms with van der Waals surface area (Å²) in [5, 5.41) is 10.6. The van der Waals surface area contributed by atoms with Crippen LogP contribution >= 0.6 is 11.6 Å². The van der Waals surface area contributed by atoms with Gasteiger partial charge in [0.2, 0.25) is 5.88 Å². The number of aliphatic hydroxyl groups excluding tert-OH is 1. The van der Waals surface area contributed by atoms with E-state index in [1.165, 1.54) is 0 Å². The highest BCUT2D eigenvalue weighted by molar-refractivity contribution is 6.31. The molecule has 21 heavy (non-hydrogen) atoms. The SMILES string of the molecule is Cc1ccc2cccc(Oc3ccc(Cl)c(CO)n3)c2n1. The molecular weight excluding hydrogens is 288 g/mol. The van der Waals surface area contributed by atoms with Gasteiger partial charge < -0.3 is 9.84 Å². The molecular formula is C16H13ClN2O2. The van der Waals surface area contributed by atoms with Crippen molar-refractivity contribution in [3.63, 3.8) is 0 Å². The van der Waals surface area contributed by atoms with E-state index in [0.717, 1.165) is 16.6 Å². The van der Waals surface area contributed by atoms with Crippen LogP contribution in [0.5, 0.6) is 11.6 Å². The van der Waals surface area contributed by atoms with E-state index in [-0.39, 0.29) is 6.61 Å². The molecule has 0 saturated carbocycles. The Morgan fingerprint density at radius 2 is 1.95 bits per heavy atom. The number of fused-ring (bicyclic) bond motifs is 1. The van der Waals surface area contributed by atoms with Crippen molar-refractivity contribution in [2.24, 2.45) is 0 Å². The van der Waals surface area contributed by atoms with Gasteiger partial charge in [0.1, 0.15) is 5.52 Å². The standard InChI is InChI=1S/C16H13ClN2O2/c1-10-5-6-11-3-2-4-14(16(11)18-10)21-15-8-7-12(17)13(9-20)19-15/h2-8,20H,9H2,1H3. The van der Waals surface area contributed by atoms with Crippen LogP contribution in [0.25, 0.3) is 10.9 Å². The second kappa shape index (κ2) is 5.68. The number of benzene rings is 1. The molecule has 1 N–H and O–H groups in total. The van der Waals surface area contributed by atoms with E-state index in [1.807, 2.05) is 37.3 Å². The summed E-state index contributed by atoms with van der Waals surface area (Å²) >= 11 is 5.92. The molecule has 0 saturated heterocycles. The molecule has 2 aromatic heterocycles. The minimum Gasteiger partial charge on any atom is -0.437 e. The van der Waals surface area contributed by atoms with Gasteiger partial charge in [-0.25, -0.2) is 9.97 Å². The molecule has 0 fully saturated rings. The summed E-state index contributed by atoms with van der Waals surface area (Å²) < 4.78 is 5.80. The van der Waals surface area contributed by atoms with Gasteiger partial charge in [-0.3, -0.25) is 0 Å². The van der Waals surface area contributed by atoms with Crippen LogP contribution in [0.15, 0.2) is 42.5 Å². The quantitative estimate of drug-likeness (QED) is 0.797. The Bertz CT molecular complexity index is 805. The van der Waals surface area contributed by atoms with Crippen molar-refractivity contribution in [1.82, 2.24) is 9.97 Å². The van der Waals surface area contributed by atoms with Gasteiger partial charge in [0.05, 0.1) is 17.3 Å². The average Bonchev–Trinajstić information content (AvgIpc) is 2.50. The minimum atomic E-state index is -0.233. The number of aliphatic hydroxyl groups is 1. The summed E-state index contributed by atoms with van der Waals surface area (Å²) in [6.07, 6.45) is 0. The maximum Gasteiger partial charge on any atom is 0.219 e. The van der Waals surface area contributed by atoms with Crippen molar-refractivity contribution in [3.8, 4) is 11.6 Å². The zero-order valence-corrected chi connectivity index (χ0v) is 12.1. The lowest BCUT2D eigenvalue weighted by Gasteiger charge is -2.09. The number of aromatic nitrogens is 2.